The lowest BCUT2D eigenvalue weighted by atomic mass is 10.1. The van der Waals surface area contributed by atoms with Crippen LogP contribution in [0.3, 0.4) is 0 Å². The number of anilines is 1. The Morgan fingerprint density at radius 2 is 1.57 bits per heavy atom. The number of alkyl halides is 6. The molecule has 1 fully saturated rings. The van der Waals surface area contributed by atoms with Gasteiger partial charge >= 0.3 is 12.4 Å². The van der Waals surface area contributed by atoms with Crippen molar-refractivity contribution in [2.75, 3.05) is 38.5 Å². The quantitative estimate of drug-likeness (QED) is 0.108. The van der Waals surface area contributed by atoms with Crippen molar-refractivity contribution in [3.05, 3.63) is 119 Å². The molecule has 306 valence electrons. The number of piperazine rings is 1. The Morgan fingerprint density at radius 3 is 2.17 bits per heavy atom. The predicted octanol–water partition coefficient (Wildman–Crippen LogP) is 8.53. The Morgan fingerprint density at radius 1 is 0.897 bits per heavy atom. The third-order valence-corrected chi connectivity index (χ3v) is 11.0. The van der Waals surface area contributed by atoms with E-state index in [2.05, 4.69) is 9.88 Å². The summed E-state index contributed by atoms with van der Waals surface area (Å²) in [5.41, 5.74) is 8.24. The smallest absolute Gasteiger partial charge is 0.426 e. The number of nitrogen functional groups attached to an aromatic ring is 1. The summed E-state index contributed by atoms with van der Waals surface area (Å²) >= 11 is 0.241. The molecule has 0 spiro atoms. The van der Waals surface area contributed by atoms with Gasteiger partial charge in [0.2, 0.25) is 5.88 Å². The van der Waals surface area contributed by atoms with Gasteiger partial charge < -0.3 is 24.7 Å². The van der Waals surface area contributed by atoms with Crippen LogP contribution in [0.5, 0.6) is 17.4 Å². The van der Waals surface area contributed by atoms with Crippen molar-refractivity contribution in [3.63, 3.8) is 0 Å². The lowest BCUT2D eigenvalue weighted by Crippen LogP contribution is -2.48. The van der Waals surface area contributed by atoms with Gasteiger partial charge in [0.05, 0.1) is 17.4 Å². The number of amides is 1. The Bertz CT molecular complexity index is 2470. The van der Waals surface area contributed by atoms with Gasteiger partial charge in [0.1, 0.15) is 27.0 Å². The number of carbonyl (C=O) groups excluding carboxylic acids is 1. The molecular formula is C39H35F6N5O6S2. The van der Waals surface area contributed by atoms with Crippen molar-refractivity contribution in [1.29, 1.82) is 0 Å². The fourth-order valence-electron chi connectivity index (χ4n) is 6.16. The number of halogens is 6. The van der Waals surface area contributed by atoms with Crippen molar-refractivity contribution in [1.82, 2.24) is 19.4 Å². The number of pyridine rings is 1. The number of nitrogens with two attached hydrogens (primary N) is 1. The number of fused-ring (bicyclic) bond motifs is 1. The number of hydrogen-bond donors (Lipinski definition) is 2. The van der Waals surface area contributed by atoms with E-state index in [9.17, 15) is 39.6 Å². The zero-order chi connectivity index (χ0) is 41.8. The Hall–Kier alpha value is -5.63. The van der Waals surface area contributed by atoms with Crippen LogP contribution in [-0.4, -0.2) is 77.2 Å². The van der Waals surface area contributed by atoms with Crippen LogP contribution in [0, 0.1) is 0 Å². The topological polar surface area (TPSA) is 140 Å². The van der Waals surface area contributed by atoms with E-state index < -0.39 is 44.4 Å². The molecular weight excluding hydrogens is 813 g/mol. The number of nitrogens with zero attached hydrogens (tertiary/aromatic N) is 4. The van der Waals surface area contributed by atoms with Crippen molar-refractivity contribution in [3.8, 4) is 28.5 Å². The zero-order valence-corrected chi connectivity index (χ0v) is 32.1. The molecule has 1 aliphatic rings. The van der Waals surface area contributed by atoms with E-state index in [1.165, 1.54) is 30.5 Å². The zero-order valence-electron chi connectivity index (χ0n) is 30.5. The number of thiophene rings is 1. The van der Waals surface area contributed by atoms with Crippen LogP contribution < -0.4 is 15.2 Å². The summed E-state index contributed by atoms with van der Waals surface area (Å²) < 4.78 is 119. The number of ether oxygens (including phenoxy) is 2. The molecule has 0 aliphatic carbocycles. The maximum atomic E-state index is 13.4. The first kappa shape index (κ1) is 42.0. The maximum absolute atomic E-state index is 13.4. The molecule has 7 rings (SSSR count). The minimum atomic E-state index is -4.71. The van der Waals surface area contributed by atoms with Gasteiger partial charge in [0.25, 0.3) is 16.0 Å². The highest BCUT2D eigenvalue weighted by Gasteiger charge is 2.39. The summed E-state index contributed by atoms with van der Waals surface area (Å²) in [6, 6.07) is 24.8. The molecule has 3 N–H and O–H groups in total. The number of aromatic nitrogens is 2. The summed E-state index contributed by atoms with van der Waals surface area (Å²) in [5.74, 6) is 1.18. The lowest BCUT2D eigenvalue weighted by Gasteiger charge is -2.34. The second kappa shape index (κ2) is 17.1. The minimum absolute atomic E-state index is 0.0396. The van der Waals surface area contributed by atoms with E-state index in [-0.39, 0.29) is 28.6 Å². The van der Waals surface area contributed by atoms with E-state index in [0.29, 0.717) is 55.7 Å². The molecule has 0 unspecified atom stereocenters. The van der Waals surface area contributed by atoms with Gasteiger partial charge in [0, 0.05) is 68.2 Å². The highest BCUT2D eigenvalue weighted by Crippen LogP contribution is 2.44. The number of benzene rings is 3. The molecule has 6 aromatic rings. The number of rotatable bonds is 9. The number of hydrogen-bond acceptors (Lipinski definition) is 9. The van der Waals surface area contributed by atoms with Crippen LogP contribution in [0.15, 0.2) is 107 Å². The maximum Gasteiger partial charge on any atom is 0.426 e. The third kappa shape index (κ3) is 10.5. The van der Waals surface area contributed by atoms with E-state index in [4.69, 9.17) is 19.8 Å². The molecule has 58 heavy (non-hydrogen) atoms. The molecule has 1 saturated heterocycles. The fourth-order valence-corrected chi connectivity index (χ4v) is 8.15. The Labute approximate surface area is 332 Å². The average Bonchev–Trinajstić information content (AvgIpc) is 3.79. The molecule has 0 atom stereocenters. The highest BCUT2D eigenvalue weighted by molar-refractivity contribution is 7.86. The normalized spacial score (nSPS) is 13.9. The van der Waals surface area contributed by atoms with Gasteiger partial charge in [0.15, 0.2) is 6.61 Å². The molecule has 3 aromatic carbocycles. The Kier molecular flexibility index (Phi) is 12.4. The second-order valence-corrected chi connectivity index (χ2v) is 15.4. The van der Waals surface area contributed by atoms with Crippen LogP contribution in [0.4, 0.5) is 32.0 Å². The Balaban J connectivity index is 0.000000250. The SMILES string of the molecule is Cn1c(C(=O)N2CCN(Cc3ccc(OCC(F)(F)F)cc3)CC2)cc2ccc(Oc3ccc(N)cn3)cc21.O=S(=O)(O)c1csc(C(F)(F)F)c1-c1ccccc1. The molecule has 1 aliphatic heterocycles. The summed E-state index contributed by atoms with van der Waals surface area (Å²) in [4.78, 5) is 19.8. The first-order valence-electron chi connectivity index (χ1n) is 17.4. The largest absolute Gasteiger partial charge is 0.484 e. The van der Waals surface area contributed by atoms with Crippen molar-refractivity contribution in [2.45, 2.75) is 23.8 Å². The number of aryl methyl sites for hydroxylation is 1. The number of carbonyl (C=O) groups is 1. The molecule has 1 amide bonds. The van der Waals surface area contributed by atoms with Crippen LogP contribution >= 0.6 is 11.3 Å². The molecule has 4 heterocycles. The highest BCUT2D eigenvalue weighted by atomic mass is 32.2. The van der Waals surface area contributed by atoms with Crippen LogP contribution in [-0.2, 0) is 29.9 Å². The van der Waals surface area contributed by atoms with Gasteiger partial charge in [-0.1, -0.05) is 42.5 Å². The summed E-state index contributed by atoms with van der Waals surface area (Å²) in [6.45, 7) is 1.86. The monoisotopic (exact) mass is 847 g/mol. The molecule has 3 aromatic heterocycles. The van der Waals surface area contributed by atoms with Crippen molar-refractivity contribution < 1.29 is 53.6 Å². The predicted molar refractivity (Wildman–Crippen MR) is 205 cm³/mol. The fraction of sp³-hybridized carbons (Fsp3) is 0.231. The lowest BCUT2D eigenvalue weighted by molar-refractivity contribution is -0.153. The second-order valence-electron chi connectivity index (χ2n) is 13.1. The van der Waals surface area contributed by atoms with Crippen LogP contribution in [0.1, 0.15) is 20.9 Å². The third-order valence-electron chi connectivity index (χ3n) is 8.96. The molecule has 11 nitrogen and oxygen atoms in total. The standard InChI is InChI=1S/C28H28F3N5O3.C11H7F3O3S2/c1-34-24-15-23(39-26-9-5-21(32)16-33-26)8-4-20(24)14-25(34)27(37)36-12-10-35(11-13-36)17-19-2-6-22(7-3-19)38-18-28(29,30)31;12-11(13,14)10-9(7-4-2-1-3-5-7)8(6-18-10)19(15,16)17/h2-9,14-16H,10-13,17-18,32H2,1H3;1-6H,(H,15,16,17). The molecule has 0 saturated carbocycles. The van der Waals surface area contributed by atoms with Gasteiger partial charge in [-0.05, 0) is 47.5 Å². The van der Waals surface area contributed by atoms with Crippen molar-refractivity contribution >= 4 is 44.0 Å². The molecule has 0 radical (unpaired) electrons. The van der Waals surface area contributed by atoms with E-state index >= 15 is 0 Å². The molecule has 19 heteroatoms. The van der Waals surface area contributed by atoms with E-state index in [1.807, 2.05) is 40.8 Å². The van der Waals surface area contributed by atoms with Gasteiger partial charge in [-0.25, -0.2) is 4.98 Å². The van der Waals surface area contributed by atoms with E-state index in [0.717, 1.165) is 21.8 Å². The van der Waals surface area contributed by atoms with Crippen LogP contribution in [0.25, 0.3) is 22.0 Å². The van der Waals surface area contributed by atoms with Gasteiger partial charge in [-0.15, -0.1) is 11.3 Å². The average molecular weight is 848 g/mol. The summed E-state index contributed by atoms with van der Waals surface area (Å²) in [5, 5.41) is 1.72. The summed E-state index contributed by atoms with van der Waals surface area (Å²) in [7, 11) is -2.85. The van der Waals surface area contributed by atoms with Crippen molar-refractivity contribution in [2.24, 2.45) is 7.05 Å². The minimum Gasteiger partial charge on any atom is -0.484 e. The van der Waals surface area contributed by atoms with Gasteiger partial charge in [-0.2, -0.15) is 34.8 Å². The van der Waals surface area contributed by atoms with Gasteiger partial charge in [-0.3, -0.25) is 14.2 Å². The first-order valence-corrected chi connectivity index (χ1v) is 19.7. The molecule has 0 bridgehead atoms. The first-order chi connectivity index (χ1) is 27.4. The van der Waals surface area contributed by atoms with E-state index in [1.54, 1.807) is 42.5 Å². The summed E-state index contributed by atoms with van der Waals surface area (Å²) in [6.07, 6.45) is -7.52. The van der Waals surface area contributed by atoms with Crippen LogP contribution in [0.2, 0.25) is 0 Å².